The van der Waals surface area contributed by atoms with Crippen LogP contribution >= 0.6 is 0 Å². The Kier molecular flexibility index (Phi) is 4.50. The number of aromatic nitrogens is 3. The van der Waals surface area contributed by atoms with E-state index < -0.39 is 0 Å². The Balaban J connectivity index is 2.04. The van der Waals surface area contributed by atoms with Crippen LogP contribution in [-0.2, 0) is 11.3 Å². The number of hydrogen-bond acceptors (Lipinski definition) is 4. The second-order valence-electron chi connectivity index (χ2n) is 4.65. The van der Waals surface area contributed by atoms with Crippen molar-refractivity contribution in [3.8, 4) is 0 Å². The van der Waals surface area contributed by atoms with Gasteiger partial charge in [-0.3, -0.25) is 0 Å². The topological polar surface area (TPSA) is 52.0 Å². The first kappa shape index (κ1) is 12.5. The number of hydrogen-bond donors (Lipinski definition) is 1. The van der Waals surface area contributed by atoms with E-state index in [4.69, 9.17) is 4.74 Å². The molecule has 1 aromatic rings. The summed E-state index contributed by atoms with van der Waals surface area (Å²) in [5.74, 6) is 2.68. The van der Waals surface area contributed by atoms with E-state index in [1.54, 1.807) is 7.11 Å². The maximum Gasteiger partial charge on any atom is 0.137 e. The number of rotatable bonds is 5. The molecule has 1 aromatic heterocycles. The standard InChI is InChI=1S/C12H22N4O/c1-10-14-15-12(11-5-3-6-13-9-11)16(10)7-4-8-17-2/h11,13H,3-9H2,1-2H3. The minimum Gasteiger partial charge on any atom is -0.385 e. The number of ether oxygens (including phenoxy) is 1. The first-order chi connectivity index (χ1) is 8.33. The van der Waals surface area contributed by atoms with Gasteiger partial charge in [0, 0.05) is 32.7 Å². The van der Waals surface area contributed by atoms with Crippen molar-refractivity contribution in [3.63, 3.8) is 0 Å². The van der Waals surface area contributed by atoms with Gasteiger partial charge in [0.2, 0.25) is 0 Å². The van der Waals surface area contributed by atoms with Crippen LogP contribution in [0.15, 0.2) is 0 Å². The van der Waals surface area contributed by atoms with Crippen LogP contribution < -0.4 is 5.32 Å². The molecule has 1 fully saturated rings. The van der Waals surface area contributed by atoms with Gasteiger partial charge in [0.05, 0.1) is 0 Å². The van der Waals surface area contributed by atoms with Gasteiger partial charge in [-0.05, 0) is 32.7 Å². The molecule has 17 heavy (non-hydrogen) atoms. The van der Waals surface area contributed by atoms with Crippen molar-refractivity contribution in [3.05, 3.63) is 11.6 Å². The van der Waals surface area contributed by atoms with E-state index in [-0.39, 0.29) is 0 Å². The van der Waals surface area contributed by atoms with Crippen LogP contribution in [0.3, 0.4) is 0 Å². The molecule has 0 spiro atoms. The Morgan fingerprint density at radius 3 is 3.06 bits per heavy atom. The molecule has 1 atom stereocenters. The summed E-state index contributed by atoms with van der Waals surface area (Å²) < 4.78 is 7.35. The van der Waals surface area contributed by atoms with Gasteiger partial charge in [0.25, 0.3) is 0 Å². The van der Waals surface area contributed by atoms with Gasteiger partial charge in [0.1, 0.15) is 11.6 Å². The molecular formula is C12H22N4O. The Hall–Kier alpha value is -0.940. The molecule has 0 aromatic carbocycles. The maximum absolute atomic E-state index is 5.10. The number of methoxy groups -OCH3 is 1. The lowest BCUT2D eigenvalue weighted by Crippen LogP contribution is -2.30. The summed E-state index contributed by atoms with van der Waals surface area (Å²) >= 11 is 0. The molecule has 5 nitrogen and oxygen atoms in total. The highest BCUT2D eigenvalue weighted by atomic mass is 16.5. The molecule has 1 aliphatic rings. The van der Waals surface area contributed by atoms with Crippen molar-refractivity contribution < 1.29 is 4.74 Å². The first-order valence-corrected chi connectivity index (χ1v) is 6.42. The molecule has 0 amide bonds. The van der Waals surface area contributed by atoms with Crippen LogP contribution in [0.4, 0.5) is 0 Å². The first-order valence-electron chi connectivity index (χ1n) is 6.42. The van der Waals surface area contributed by atoms with Gasteiger partial charge in [0.15, 0.2) is 0 Å². The fraction of sp³-hybridized carbons (Fsp3) is 0.833. The Morgan fingerprint density at radius 1 is 1.47 bits per heavy atom. The third kappa shape index (κ3) is 3.04. The second kappa shape index (κ2) is 6.12. The lowest BCUT2D eigenvalue weighted by atomic mass is 9.99. The van der Waals surface area contributed by atoms with Crippen molar-refractivity contribution in [2.75, 3.05) is 26.8 Å². The zero-order valence-electron chi connectivity index (χ0n) is 10.8. The molecule has 96 valence electrons. The fourth-order valence-electron chi connectivity index (χ4n) is 2.41. The molecule has 1 unspecified atom stereocenters. The van der Waals surface area contributed by atoms with Crippen molar-refractivity contribution >= 4 is 0 Å². The van der Waals surface area contributed by atoms with Gasteiger partial charge >= 0.3 is 0 Å². The smallest absolute Gasteiger partial charge is 0.137 e. The van der Waals surface area contributed by atoms with Crippen molar-refractivity contribution in [1.82, 2.24) is 20.1 Å². The quantitative estimate of drug-likeness (QED) is 0.780. The number of nitrogens with zero attached hydrogens (tertiary/aromatic N) is 3. The molecule has 0 bridgehead atoms. The highest BCUT2D eigenvalue weighted by molar-refractivity contribution is 5.03. The Morgan fingerprint density at radius 2 is 2.35 bits per heavy atom. The van der Waals surface area contributed by atoms with Crippen molar-refractivity contribution in [2.24, 2.45) is 0 Å². The second-order valence-corrected chi connectivity index (χ2v) is 4.65. The van der Waals surface area contributed by atoms with Crippen LogP contribution in [0, 0.1) is 6.92 Å². The lowest BCUT2D eigenvalue weighted by molar-refractivity contribution is 0.189. The van der Waals surface area contributed by atoms with Crippen LogP contribution in [-0.4, -0.2) is 41.6 Å². The average Bonchev–Trinajstić information content (AvgIpc) is 2.73. The van der Waals surface area contributed by atoms with Crippen LogP contribution in [0.1, 0.15) is 36.8 Å². The van der Waals surface area contributed by atoms with Crippen molar-refractivity contribution in [2.45, 2.75) is 38.6 Å². The van der Waals surface area contributed by atoms with E-state index in [0.29, 0.717) is 5.92 Å². The van der Waals surface area contributed by atoms with Crippen molar-refractivity contribution in [1.29, 1.82) is 0 Å². The maximum atomic E-state index is 5.10. The van der Waals surface area contributed by atoms with Gasteiger partial charge < -0.3 is 14.6 Å². The van der Waals surface area contributed by atoms with E-state index >= 15 is 0 Å². The molecule has 0 radical (unpaired) electrons. The van der Waals surface area contributed by atoms with Crippen LogP contribution in [0.2, 0.25) is 0 Å². The largest absolute Gasteiger partial charge is 0.385 e. The summed E-state index contributed by atoms with van der Waals surface area (Å²) in [5.41, 5.74) is 0. The molecule has 2 rings (SSSR count). The minimum absolute atomic E-state index is 0.521. The lowest BCUT2D eigenvalue weighted by Gasteiger charge is -2.22. The van der Waals surface area contributed by atoms with E-state index in [1.165, 1.54) is 12.8 Å². The van der Waals surface area contributed by atoms with Gasteiger partial charge in [-0.25, -0.2) is 0 Å². The summed E-state index contributed by atoms with van der Waals surface area (Å²) in [5, 5.41) is 12.0. The molecule has 0 aliphatic carbocycles. The number of nitrogens with one attached hydrogen (secondary N) is 1. The third-order valence-corrected chi connectivity index (χ3v) is 3.36. The zero-order chi connectivity index (χ0) is 12.1. The van der Waals surface area contributed by atoms with Crippen LogP contribution in [0.5, 0.6) is 0 Å². The highest BCUT2D eigenvalue weighted by Crippen LogP contribution is 2.22. The summed E-state index contributed by atoms with van der Waals surface area (Å²) in [6.45, 7) is 5.94. The summed E-state index contributed by atoms with van der Waals surface area (Å²) in [6, 6.07) is 0. The Bertz CT molecular complexity index is 344. The van der Waals surface area contributed by atoms with Gasteiger partial charge in [-0.2, -0.15) is 0 Å². The molecule has 1 aliphatic heterocycles. The van der Waals surface area contributed by atoms with Gasteiger partial charge in [-0.1, -0.05) is 0 Å². The molecule has 0 saturated carbocycles. The minimum atomic E-state index is 0.521. The van der Waals surface area contributed by atoms with E-state index in [1.807, 2.05) is 6.92 Å². The summed E-state index contributed by atoms with van der Waals surface area (Å²) in [4.78, 5) is 0. The molecule has 5 heteroatoms. The number of aryl methyl sites for hydroxylation is 1. The SMILES string of the molecule is COCCCn1c(C)nnc1C1CCCNC1. The average molecular weight is 238 g/mol. The molecular weight excluding hydrogens is 216 g/mol. The summed E-state index contributed by atoms with van der Waals surface area (Å²) in [7, 11) is 1.74. The van der Waals surface area contributed by atoms with E-state index in [9.17, 15) is 0 Å². The van der Waals surface area contributed by atoms with Gasteiger partial charge in [-0.15, -0.1) is 10.2 Å². The monoisotopic (exact) mass is 238 g/mol. The van der Waals surface area contributed by atoms with E-state index in [0.717, 1.165) is 44.3 Å². The Labute approximate surface area is 103 Å². The highest BCUT2D eigenvalue weighted by Gasteiger charge is 2.21. The molecule has 2 heterocycles. The predicted octanol–water partition coefficient (Wildman–Crippen LogP) is 1.09. The molecule has 1 saturated heterocycles. The molecule has 1 N–H and O–H groups in total. The zero-order valence-corrected chi connectivity index (χ0v) is 10.8. The third-order valence-electron chi connectivity index (χ3n) is 3.36. The van der Waals surface area contributed by atoms with Crippen LogP contribution in [0.25, 0.3) is 0 Å². The summed E-state index contributed by atoms with van der Waals surface area (Å²) in [6.07, 6.45) is 3.46. The fourth-order valence-corrected chi connectivity index (χ4v) is 2.41. The number of piperidine rings is 1. The normalized spacial score (nSPS) is 20.7. The predicted molar refractivity (Wildman–Crippen MR) is 66.1 cm³/mol. The van der Waals surface area contributed by atoms with E-state index in [2.05, 4.69) is 20.1 Å².